The number of piperidine rings is 3. The molecule has 4 aliphatic rings. The number of nitrogens with one attached hydrogen (secondary N) is 1. The molecule has 3 saturated heterocycles. The Labute approximate surface area is 154 Å². The fraction of sp³-hybridized carbons (Fsp3) is 0.632. The number of hydrogen-bond donors (Lipinski definition) is 1. The van der Waals surface area contributed by atoms with Crippen molar-refractivity contribution in [1.82, 2.24) is 10.2 Å². The molecule has 1 atom stereocenters. The lowest BCUT2D eigenvalue weighted by Gasteiger charge is -2.45. The Kier molecular flexibility index (Phi) is 4.12. The largest absolute Gasteiger partial charge is 0.483 e. The lowest BCUT2D eigenvalue weighted by atomic mass is 9.84. The van der Waals surface area contributed by atoms with Crippen LogP contribution in [0.5, 0.6) is 5.75 Å². The van der Waals surface area contributed by atoms with Crippen LogP contribution in [0, 0.1) is 5.92 Å². The SMILES string of the molecule is CN1CC(C)(C)Oc2c(C(=O)N[C@@H]3CN4CCC3CC4)cc(Cl)cc21. The Morgan fingerprint density at radius 1 is 1.32 bits per heavy atom. The summed E-state index contributed by atoms with van der Waals surface area (Å²) in [6, 6.07) is 3.82. The van der Waals surface area contributed by atoms with Crippen LogP contribution in [-0.2, 0) is 0 Å². The van der Waals surface area contributed by atoms with Gasteiger partial charge in [-0.1, -0.05) is 11.6 Å². The van der Waals surface area contributed by atoms with Gasteiger partial charge in [-0.15, -0.1) is 0 Å². The van der Waals surface area contributed by atoms with Crippen molar-refractivity contribution in [2.75, 3.05) is 38.1 Å². The van der Waals surface area contributed by atoms with Gasteiger partial charge in [0.05, 0.1) is 17.8 Å². The fourth-order valence-corrected chi connectivity index (χ4v) is 4.69. The molecule has 1 aromatic rings. The van der Waals surface area contributed by atoms with Crippen LogP contribution in [0.4, 0.5) is 5.69 Å². The summed E-state index contributed by atoms with van der Waals surface area (Å²) in [7, 11) is 2.01. The number of hydrogen-bond acceptors (Lipinski definition) is 4. The van der Waals surface area contributed by atoms with E-state index >= 15 is 0 Å². The molecule has 0 aromatic heterocycles. The van der Waals surface area contributed by atoms with E-state index in [4.69, 9.17) is 16.3 Å². The predicted octanol–water partition coefficient (Wildman–Crippen LogP) is 2.77. The van der Waals surface area contributed by atoms with Crippen LogP contribution in [-0.4, -0.2) is 55.7 Å². The lowest BCUT2D eigenvalue weighted by Crippen LogP contribution is -2.57. The molecule has 25 heavy (non-hydrogen) atoms. The zero-order valence-electron chi connectivity index (χ0n) is 15.1. The van der Waals surface area contributed by atoms with Crippen LogP contribution in [0.2, 0.25) is 5.02 Å². The average Bonchev–Trinajstić information content (AvgIpc) is 2.55. The van der Waals surface area contributed by atoms with Crippen molar-refractivity contribution in [3.8, 4) is 5.75 Å². The van der Waals surface area contributed by atoms with Crippen LogP contribution >= 0.6 is 11.6 Å². The van der Waals surface area contributed by atoms with Crippen LogP contribution in [0.1, 0.15) is 37.0 Å². The van der Waals surface area contributed by atoms with Gasteiger partial charge in [-0.3, -0.25) is 4.79 Å². The minimum atomic E-state index is -0.347. The normalized spacial score (nSPS) is 29.8. The molecule has 0 spiro atoms. The summed E-state index contributed by atoms with van der Waals surface area (Å²) in [6.45, 7) is 8.09. The van der Waals surface area contributed by atoms with E-state index in [1.807, 2.05) is 27.0 Å². The summed E-state index contributed by atoms with van der Waals surface area (Å²) in [6.07, 6.45) is 2.34. The quantitative estimate of drug-likeness (QED) is 0.877. The first-order valence-electron chi connectivity index (χ1n) is 9.09. The number of carbonyl (C=O) groups is 1. The van der Waals surface area contributed by atoms with Crippen molar-refractivity contribution in [1.29, 1.82) is 0 Å². The number of anilines is 1. The molecule has 0 unspecified atom stereocenters. The fourth-order valence-electron chi connectivity index (χ4n) is 4.48. The first kappa shape index (κ1) is 17.0. The standard InChI is InChI=1S/C19H26ClN3O2/c1-19(2)11-22(3)16-9-13(20)8-14(17(16)25-19)18(24)21-15-10-23-6-4-12(15)5-7-23/h8-9,12,15H,4-7,10-11H2,1-3H3,(H,21,24)/t15-/m1/s1. The molecular weight excluding hydrogens is 338 g/mol. The molecule has 4 heterocycles. The second-order valence-electron chi connectivity index (χ2n) is 8.24. The van der Waals surface area contributed by atoms with Gasteiger partial charge in [-0.05, 0) is 57.8 Å². The van der Waals surface area contributed by atoms with Gasteiger partial charge in [-0.25, -0.2) is 0 Å². The smallest absolute Gasteiger partial charge is 0.255 e. The lowest BCUT2D eigenvalue weighted by molar-refractivity contribution is 0.0611. The van der Waals surface area contributed by atoms with Crippen molar-refractivity contribution < 1.29 is 9.53 Å². The van der Waals surface area contributed by atoms with E-state index in [0.717, 1.165) is 31.9 Å². The van der Waals surface area contributed by atoms with E-state index < -0.39 is 0 Å². The number of rotatable bonds is 2. The number of nitrogens with zero attached hydrogens (tertiary/aromatic N) is 2. The highest BCUT2D eigenvalue weighted by atomic mass is 35.5. The number of benzene rings is 1. The van der Waals surface area contributed by atoms with E-state index in [1.54, 1.807) is 6.07 Å². The summed E-state index contributed by atoms with van der Waals surface area (Å²) in [5.41, 5.74) is 1.07. The van der Waals surface area contributed by atoms with Gasteiger partial charge in [0.2, 0.25) is 0 Å². The van der Waals surface area contributed by atoms with Gasteiger partial charge in [0.15, 0.2) is 5.75 Å². The summed E-state index contributed by atoms with van der Waals surface area (Å²) in [5, 5.41) is 3.81. The molecule has 0 aliphatic carbocycles. The van der Waals surface area contributed by atoms with Crippen LogP contribution < -0.4 is 15.0 Å². The van der Waals surface area contributed by atoms with Crippen LogP contribution in [0.3, 0.4) is 0 Å². The van der Waals surface area contributed by atoms with Gasteiger partial charge in [0.1, 0.15) is 5.60 Å². The second-order valence-corrected chi connectivity index (χ2v) is 8.67. The molecule has 1 aromatic carbocycles. The zero-order chi connectivity index (χ0) is 17.8. The van der Waals surface area contributed by atoms with E-state index in [-0.39, 0.29) is 17.6 Å². The molecule has 5 nitrogen and oxygen atoms in total. The highest BCUT2D eigenvalue weighted by Crippen LogP contribution is 2.41. The molecule has 1 amide bonds. The molecule has 136 valence electrons. The molecule has 6 heteroatoms. The second kappa shape index (κ2) is 6.06. The van der Waals surface area contributed by atoms with Crippen LogP contribution in [0.25, 0.3) is 0 Å². The first-order chi connectivity index (χ1) is 11.8. The molecule has 1 N–H and O–H groups in total. The number of halogens is 1. The van der Waals surface area contributed by atoms with Crippen molar-refractivity contribution in [2.24, 2.45) is 5.92 Å². The summed E-state index contributed by atoms with van der Waals surface area (Å²) < 4.78 is 6.18. The van der Waals surface area contributed by atoms with E-state index in [0.29, 0.717) is 22.3 Å². The maximum absolute atomic E-state index is 13.0. The molecular formula is C19H26ClN3O2. The summed E-state index contributed by atoms with van der Waals surface area (Å²) in [5.74, 6) is 1.15. The van der Waals surface area contributed by atoms with E-state index in [1.165, 1.54) is 12.8 Å². The highest BCUT2D eigenvalue weighted by molar-refractivity contribution is 6.31. The van der Waals surface area contributed by atoms with E-state index in [9.17, 15) is 4.79 Å². The molecule has 4 aliphatic heterocycles. The number of amides is 1. The van der Waals surface area contributed by atoms with Crippen molar-refractivity contribution in [3.63, 3.8) is 0 Å². The van der Waals surface area contributed by atoms with Gasteiger partial charge in [0, 0.05) is 24.7 Å². The van der Waals surface area contributed by atoms with Crippen molar-refractivity contribution in [3.05, 3.63) is 22.7 Å². The number of likely N-dealkylation sites (N-methyl/N-ethyl adjacent to an activating group) is 1. The third kappa shape index (κ3) is 3.20. The minimum absolute atomic E-state index is 0.0800. The number of carbonyl (C=O) groups excluding carboxylic acids is 1. The third-order valence-electron chi connectivity index (χ3n) is 5.66. The molecule has 0 saturated carbocycles. The van der Waals surface area contributed by atoms with Gasteiger partial charge >= 0.3 is 0 Å². The third-order valence-corrected chi connectivity index (χ3v) is 5.88. The minimum Gasteiger partial charge on any atom is -0.483 e. The van der Waals surface area contributed by atoms with Gasteiger partial charge in [0.25, 0.3) is 5.91 Å². The maximum atomic E-state index is 13.0. The van der Waals surface area contributed by atoms with Crippen molar-refractivity contribution >= 4 is 23.2 Å². The Hall–Kier alpha value is -1.46. The Morgan fingerprint density at radius 3 is 2.68 bits per heavy atom. The molecule has 0 radical (unpaired) electrons. The van der Waals surface area contributed by atoms with Gasteiger partial charge < -0.3 is 19.9 Å². The van der Waals surface area contributed by atoms with Gasteiger partial charge in [-0.2, -0.15) is 0 Å². The Morgan fingerprint density at radius 2 is 2.04 bits per heavy atom. The molecule has 2 bridgehead atoms. The maximum Gasteiger partial charge on any atom is 0.255 e. The highest BCUT2D eigenvalue weighted by Gasteiger charge is 2.37. The number of ether oxygens (including phenoxy) is 1. The Bertz CT molecular complexity index is 698. The topological polar surface area (TPSA) is 44.8 Å². The first-order valence-corrected chi connectivity index (χ1v) is 9.47. The number of fused-ring (bicyclic) bond motifs is 4. The monoisotopic (exact) mass is 363 g/mol. The van der Waals surface area contributed by atoms with Crippen molar-refractivity contribution in [2.45, 2.75) is 38.3 Å². The van der Waals surface area contributed by atoms with Crippen LogP contribution in [0.15, 0.2) is 12.1 Å². The molecule has 3 fully saturated rings. The summed E-state index contributed by atoms with van der Waals surface area (Å²) in [4.78, 5) is 17.6. The Balaban J connectivity index is 1.62. The zero-order valence-corrected chi connectivity index (χ0v) is 15.9. The average molecular weight is 364 g/mol. The predicted molar refractivity (Wildman–Crippen MR) is 99.8 cm³/mol. The van der Waals surface area contributed by atoms with E-state index in [2.05, 4.69) is 15.1 Å². The summed E-state index contributed by atoms with van der Waals surface area (Å²) >= 11 is 6.30. The molecule has 5 rings (SSSR count).